The molecule has 2 atom stereocenters. The van der Waals surface area contributed by atoms with Gasteiger partial charge in [-0.25, -0.2) is 0 Å². The normalized spacial score (nSPS) is 20.0. The van der Waals surface area contributed by atoms with E-state index in [-0.39, 0.29) is 30.6 Å². The second-order valence-electron chi connectivity index (χ2n) is 10.0. The Labute approximate surface area is 225 Å². The smallest absolute Gasteiger partial charge is 0.251 e. The van der Waals surface area contributed by atoms with Gasteiger partial charge in [-0.1, -0.05) is 0 Å². The van der Waals surface area contributed by atoms with Gasteiger partial charge in [0.15, 0.2) is 17.3 Å². The molecular weight excluding hydrogens is 502 g/mol. The van der Waals surface area contributed by atoms with E-state index in [0.717, 1.165) is 55.6 Å². The van der Waals surface area contributed by atoms with Crippen LogP contribution in [0.4, 0.5) is 0 Å². The van der Waals surface area contributed by atoms with Crippen LogP contribution >= 0.6 is 0 Å². The number of carbonyl (C=O) groups excluding carboxylic acids is 2. The molecule has 3 aliphatic rings. The fourth-order valence-corrected chi connectivity index (χ4v) is 5.63. The van der Waals surface area contributed by atoms with Gasteiger partial charge in [0.1, 0.15) is 6.04 Å². The van der Waals surface area contributed by atoms with Crippen LogP contribution in [0.2, 0.25) is 0 Å². The molecule has 2 aromatic carbocycles. The number of ether oxygens (including phenoxy) is 3. The molecule has 0 unspecified atom stereocenters. The molecule has 4 heterocycles. The highest BCUT2D eigenvalue weighted by Crippen LogP contribution is 2.50. The molecule has 12 heteroatoms. The Morgan fingerprint density at radius 3 is 2.87 bits per heavy atom. The molecule has 0 spiro atoms. The lowest BCUT2D eigenvalue weighted by Crippen LogP contribution is -2.35. The van der Waals surface area contributed by atoms with Crippen LogP contribution < -0.4 is 24.8 Å². The molecule has 12 nitrogen and oxygen atoms in total. The van der Waals surface area contributed by atoms with Gasteiger partial charge in [0.25, 0.3) is 5.91 Å². The van der Waals surface area contributed by atoms with Crippen molar-refractivity contribution in [3.63, 3.8) is 0 Å². The maximum atomic E-state index is 12.7. The highest BCUT2D eigenvalue weighted by Gasteiger charge is 2.37. The van der Waals surface area contributed by atoms with Crippen molar-refractivity contribution in [1.29, 1.82) is 0 Å². The van der Waals surface area contributed by atoms with Crippen molar-refractivity contribution in [3.8, 4) is 22.9 Å². The second-order valence-corrected chi connectivity index (χ2v) is 10.0. The molecule has 39 heavy (non-hydrogen) atoms. The third kappa shape index (κ3) is 4.65. The third-order valence-corrected chi connectivity index (χ3v) is 7.69. The number of hydrogen-bond donors (Lipinski definition) is 2. The number of methoxy groups -OCH3 is 1. The molecule has 1 aromatic heterocycles. The Morgan fingerprint density at radius 2 is 2.10 bits per heavy atom. The molecule has 6 rings (SSSR count). The van der Waals surface area contributed by atoms with Crippen LogP contribution in [0, 0.1) is 5.92 Å². The number of nitrogens with zero attached hydrogens (tertiary/aromatic N) is 5. The molecule has 3 aliphatic heterocycles. The third-order valence-electron chi connectivity index (χ3n) is 7.69. The topological polar surface area (TPSA) is 133 Å². The van der Waals surface area contributed by atoms with Crippen LogP contribution in [0.25, 0.3) is 5.69 Å². The van der Waals surface area contributed by atoms with Gasteiger partial charge in [0.2, 0.25) is 18.4 Å². The number of tetrazole rings is 1. The van der Waals surface area contributed by atoms with Crippen molar-refractivity contribution in [2.24, 2.45) is 5.92 Å². The van der Waals surface area contributed by atoms with Crippen LogP contribution in [-0.2, 0) is 11.2 Å². The number of hydrogen-bond acceptors (Lipinski definition) is 9. The first-order valence-corrected chi connectivity index (χ1v) is 13.2. The summed E-state index contributed by atoms with van der Waals surface area (Å²) < 4.78 is 18.9. The van der Waals surface area contributed by atoms with Crippen molar-refractivity contribution < 1.29 is 23.8 Å². The lowest BCUT2D eigenvalue weighted by Gasteiger charge is -2.34. The van der Waals surface area contributed by atoms with Crippen LogP contribution in [-0.4, -0.2) is 77.5 Å². The maximum absolute atomic E-state index is 12.7. The lowest BCUT2D eigenvalue weighted by atomic mass is 9.90. The molecule has 0 saturated carbocycles. The predicted molar refractivity (Wildman–Crippen MR) is 139 cm³/mol. The summed E-state index contributed by atoms with van der Waals surface area (Å²) in [7, 11) is 3.66. The number of amides is 2. The summed E-state index contributed by atoms with van der Waals surface area (Å²) >= 11 is 0. The molecule has 0 bridgehead atoms. The molecule has 1 fully saturated rings. The Morgan fingerprint density at radius 1 is 1.26 bits per heavy atom. The molecule has 1 saturated heterocycles. The quantitative estimate of drug-likeness (QED) is 0.415. The number of rotatable bonds is 8. The Kier molecular flexibility index (Phi) is 6.77. The van der Waals surface area contributed by atoms with Gasteiger partial charge in [-0.05, 0) is 79.1 Å². The van der Waals surface area contributed by atoms with Gasteiger partial charge < -0.3 is 24.8 Å². The van der Waals surface area contributed by atoms with E-state index < -0.39 is 0 Å². The zero-order chi connectivity index (χ0) is 26.9. The molecule has 2 amide bonds. The van der Waals surface area contributed by atoms with E-state index in [1.165, 1.54) is 0 Å². The van der Waals surface area contributed by atoms with Gasteiger partial charge in [0, 0.05) is 36.7 Å². The van der Waals surface area contributed by atoms with Gasteiger partial charge in [0.05, 0.1) is 12.8 Å². The first kappa shape index (κ1) is 25.1. The average Bonchev–Trinajstić information content (AvgIpc) is 3.71. The van der Waals surface area contributed by atoms with E-state index in [1.807, 2.05) is 25.2 Å². The van der Waals surface area contributed by atoms with Crippen molar-refractivity contribution in [1.82, 2.24) is 35.7 Å². The Hall–Kier alpha value is -4.19. The maximum Gasteiger partial charge on any atom is 0.251 e. The van der Waals surface area contributed by atoms with Crippen LogP contribution in [0.1, 0.15) is 52.6 Å². The van der Waals surface area contributed by atoms with E-state index >= 15 is 0 Å². The van der Waals surface area contributed by atoms with E-state index in [4.69, 9.17) is 14.2 Å². The van der Waals surface area contributed by atoms with Crippen molar-refractivity contribution in [2.75, 3.05) is 40.6 Å². The molecular formula is C27H31N7O5. The molecule has 2 N–H and O–H groups in total. The number of fused-ring (bicyclic) bond motifs is 2. The van der Waals surface area contributed by atoms with E-state index in [1.54, 1.807) is 23.9 Å². The number of likely N-dealkylation sites (N-methyl/N-ethyl adjacent to an activating group) is 1. The minimum atomic E-state index is -0.280. The summed E-state index contributed by atoms with van der Waals surface area (Å²) in [6, 6.07) is 8.93. The van der Waals surface area contributed by atoms with Crippen molar-refractivity contribution in [2.45, 2.75) is 31.7 Å². The summed E-state index contributed by atoms with van der Waals surface area (Å²) in [4.78, 5) is 26.6. The SMILES string of the molecule is COc1c2c(cc3c1[C@H](c1nnnn1-c1ccc(C(=O)NCCC[C@H]4CCNC4=O)cc1)N(C)CC3)OCO2. The van der Waals surface area contributed by atoms with Crippen LogP contribution in [0.3, 0.4) is 0 Å². The van der Waals surface area contributed by atoms with Gasteiger partial charge in [-0.15, -0.1) is 5.10 Å². The summed E-state index contributed by atoms with van der Waals surface area (Å²) in [5.41, 5.74) is 3.34. The number of carbonyl (C=O) groups is 2. The van der Waals surface area contributed by atoms with Crippen LogP contribution in [0.5, 0.6) is 17.2 Å². The zero-order valence-electron chi connectivity index (χ0n) is 22.0. The minimum absolute atomic E-state index is 0.0589. The monoisotopic (exact) mass is 533 g/mol. The number of aromatic nitrogens is 4. The highest BCUT2D eigenvalue weighted by molar-refractivity contribution is 5.94. The first-order chi connectivity index (χ1) is 19.0. The largest absolute Gasteiger partial charge is 0.492 e. The minimum Gasteiger partial charge on any atom is -0.492 e. The highest BCUT2D eigenvalue weighted by atomic mass is 16.7. The average molecular weight is 534 g/mol. The zero-order valence-corrected chi connectivity index (χ0v) is 22.0. The lowest BCUT2D eigenvalue weighted by molar-refractivity contribution is -0.122. The number of benzene rings is 2. The van der Waals surface area contributed by atoms with Crippen LogP contribution in [0.15, 0.2) is 30.3 Å². The van der Waals surface area contributed by atoms with E-state index in [0.29, 0.717) is 35.2 Å². The summed E-state index contributed by atoms with van der Waals surface area (Å²) in [5, 5.41) is 18.5. The molecule has 0 radical (unpaired) electrons. The van der Waals surface area contributed by atoms with E-state index in [2.05, 4.69) is 31.1 Å². The summed E-state index contributed by atoms with van der Waals surface area (Å²) in [5.74, 6) is 2.56. The number of nitrogens with one attached hydrogen (secondary N) is 2. The van der Waals surface area contributed by atoms with Crippen molar-refractivity contribution in [3.05, 3.63) is 52.8 Å². The molecule has 3 aromatic rings. The van der Waals surface area contributed by atoms with E-state index in [9.17, 15) is 9.59 Å². The summed E-state index contributed by atoms with van der Waals surface area (Å²) in [6.45, 7) is 2.23. The fraction of sp³-hybridized carbons (Fsp3) is 0.444. The Bertz CT molecular complexity index is 1390. The predicted octanol–water partition coefficient (Wildman–Crippen LogP) is 1.62. The molecule has 204 valence electrons. The standard InChI is InChI=1S/C27H31N7O5/c1-33-13-10-18-14-20-23(39-15-38-20)24(37-2)21(18)22(33)25-30-31-32-34(25)19-7-5-17(6-8-19)27(36)28-11-3-4-16-9-12-29-26(16)35/h5-8,14,16,22H,3-4,9-13,15H2,1-2H3,(H,28,36)(H,29,35)/t16-,22+/m0/s1. The first-order valence-electron chi connectivity index (χ1n) is 13.2. The van der Waals surface area contributed by atoms with Crippen molar-refractivity contribution >= 4 is 11.8 Å². The fourth-order valence-electron chi connectivity index (χ4n) is 5.63. The van der Waals surface area contributed by atoms with Gasteiger partial charge in [-0.2, -0.15) is 4.68 Å². The van der Waals surface area contributed by atoms with Gasteiger partial charge >= 0.3 is 0 Å². The molecule has 0 aliphatic carbocycles. The Balaban J connectivity index is 1.20. The second kappa shape index (κ2) is 10.5. The summed E-state index contributed by atoms with van der Waals surface area (Å²) in [6.07, 6.45) is 3.23. The van der Waals surface area contributed by atoms with Gasteiger partial charge in [-0.3, -0.25) is 14.5 Å².